The minimum absolute atomic E-state index is 0.0597. The minimum atomic E-state index is -0.234. The van der Waals surface area contributed by atoms with Gasteiger partial charge in [-0.15, -0.1) is 11.3 Å². The second kappa shape index (κ2) is 15.9. The Labute approximate surface area is 217 Å². The number of aryl methyl sites for hydroxylation is 2. The highest BCUT2D eigenvalue weighted by atomic mass is 79.9. The molecule has 2 rings (SSSR count). The standard InChI is InChI=1S/C26H39BrN4O2S/c1-4-6-15-31(16-7-5-2)17-8-14-29-26(28)30-25(32)22-13-18-34-24(22)12-9-20-19-21(27)10-11-23(20)33-3/h10-11,13,18-19H,4-9,12,14-17H2,1-3H3,(H3,28,29,30,32). The maximum absolute atomic E-state index is 12.8. The summed E-state index contributed by atoms with van der Waals surface area (Å²) in [6, 6.07) is 7.79. The highest BCUT2D eigenvalue weighted by Gasteiger charge is 2.15. The van der Waals surface area contributed by atoms with E-state index in [1.165, 1.54) is 25.7 Å². The number of rotatable bonds is 15. The molecule has 1 aromatic heterocycles. The maximum Gasteiger partial charge on any atom is 0.259 e. The first-order valence-corrected chi connectivity index (χ1v) is 13.9. The van der Waals surface area contributed by atoms with E-state index in [9.17, 15) is 4.79 Å². The number of unbranched alkanes of at least 4 members (excludes halogenated alkanes) is 2. The smallest absolute Gasteiger partial charge is 0.259 e. The molecule has 0 spiro atoms. The lowest BCUT2D eigenvalue weighted by Gasteiger charge is -2.22. The second-order valence-electron chi connectivity index (χ2n) is 8.37. The fourth-order valence-corrected chi connectivity index (χ4v) is 5.05. The number of amides is 1. The van der Waals surface area contributed by atoms with Gasteiger partial charge < -0.3 is 15.0 Å². The van der Waals surface area contributed by atoms with Gasteiger partial charge in [-0.3, -0.25) is 15.5 Å². The number of methoxy groups -OCH3 is 1. The van der Waals surface area contributed by atoms with Crippen LogP contribution in [0, 0.1) is 5.41 Å². The number of nitrogens with zero attached hydrogens (tertiary/aromatic N) is 1. The average molecular weight is 552 g/mol. The van der Waals surface area contributed by atoms with Crippen LogP contribution in [0.15, 0.2) is 34.1 Å². The van der Waals surface area contributed by atoms with Crippen molar-refractivity contribution >= 4 is 39.1 Å². The van der Waals surface area contributed by atoms with Crippen LogP contribution in [-0.4, -0.2) is 50.1 Å². The molecular formula is C26H39BrN4O2S. The van der Waals surface area contributed by atoms with Crippen molar-refractivity contribution in [3.63, 3.8) is 0 Å². The Morgan fingerprint density at radius 2 is 1.79 bits per heavy atom. The van der Waals surface area contributed by atoms with Gasteiger partial charge in [0.05, 0.1) is 12.7 Å². The normalized spacial score (nSPS) is 11.0. The largest absolute Gasteiger partial charge is 0.496 e. The van der Waals surface area contributed by atoms with Crippen molar-refractivity contribution in [2.24, 2.45) is 0 Å². The number of benzene rings is 1. The van der Waals surface area contributed by atoms with Crippen molar-refractivity contribution in [3.05, 3.63) is 50.1 Å². The van der Waals surface area contributed by atoms with Crippen molar-refractivity contribution < 1.29 is 9.53 Å². The van der Waals surface area contributed by atoms with Gasteiger partial charge >= 0.3 is 0 Å². The molecule has 1 aromatic carbocycles. The number of thiophene rings is 1. The highest BCUT2D eigenvalue weighted by Crippen LogP contribution is 2.26. The van der Waals surface area contributed by atoms with Crippen molar-refractivity contribution in [3.8, 4) is 5.75 Å². The summed E-state index contributed by atoms with van der Waals surface area (Å²) in [5, 5.41) is 15.8. The van der Waals surface area contributed by atoms with Crippen LogP contribution in [0.3, 0.4) is 0 Å². The van der Waals surface area contributed by atoms with E-state index in [1.54, 1.807) is 18.4 Å². The Hall–Kier alpha value is -1.90. The summed E-state index contributed by atoms with van der Waals surface area (Å²) in [7, 11) is 1.67. The summed E-state index contributed by atoms with van der Waals surface area (Å²) < 4.78 is 6.47. The number of carbonyl (C=O) groups is 1. The molecule has 0 atom stereocenters. The van der Waals surface area contributed by atoms with Crippen molar-refractivity contribution in [1.29, 1.82) is 5.41 Å². The predicted molar refractivity (Wildman–Crippen MR) is 146 cm³/mol. The Balaban J connectivity index is 1.80. The first-order valence-electron chi connectivity index (χ1n) is 12.2. The molecule has 0 saturated heterocycles. The third kappa shape index (κ3) is 9.76. The van der Waals surface area contributed by atoms with Gasteiger partial charge in [-0.05, 0) is 86.9 Å². The molecule has 0 aliphatic heterocycles. The molecule has 0 bridgehead atoms. The van der Waals surface area contributed by atoms with Gasteiger partial charge in [0, 0.05) is 15.9 Å². The Kier molecular flexibility index (Phi) is 13.3. The van der Waals surface area contributed by atoms with Crippen molar-refractivity contribution in [2.45, 2.75) is 58.8 Å². The van der Waals surface area contributed by atoms with Gasteiger partial charge in [0.15, 0.2) is 5.96 Å². The SMILES string of the molecule is CCCCN(CCCC)CCCNC(=N)NC(=O)c1ccsc1CCc1cc(Br)ccc1OC. The van der Waals surface area contributed by atoms with E-state index in [2.05, 4.69) is 51.4 Å². The van der Waals surface area contributed by atoms with E-state index in [4.69, 9.17) is 10.1 Å². The topological polar surface area (TPSA) is 77.5 Å². The van der Waals surface area contributed by atoms with E-state index in [1.807, 2.05) is 23.6 Å². The van der Waals surface area contributed by atoms with Crippen LogP contribution in [0.4, 0.5) is 0 Å². The lowest BCUT2D eigenvalue weighted by molar-refractivity contribution is 0.0975. The zero-order chi connectivity index (χ0) is 24.8. The molecule has 0 saturated carbocycles. The van der Waals surface area contributed by atoms with E-state index in [0.717, 1.165) is 59.6 Å². The number of guanidine groups is 1. The molecule has 1 heterocycles. The Bertz CT molecular complexity index is 895. The summed E-state index contributed by atoms with van der Waals surface area (Å²) in [5.74, 6) is 0.673. The van der Waals surface area contributed by atoms with Gasteiger partial charge in [0.2, 0.25) is 0 Å². The molecule has 0 aliphatic carbocycles. The van der Waals surface area contributed by atoms with E-state index >= 15 is 0 Å². The first-order chi connectivity index (χ1) is 16.5. The van der Waals surface area contributed by atoms with Gasteiger partial charge in [-0.25, -0.2) is 0 Å². The molecule has 3 N–H and O–H groups in total. The fourth-order valence-electron chi connectivity index (χ4n) is 3.77. The van der Waals surface area contributed by atoms with Crippen LogP contribution in [0.25, 0.3) is 0 Å². The third-order valence-corrected chi connectivity index (χ3v) is 7.18. The molecule has 0 unspecified atom stereocenters. The Morgan fingerprint density at radius 3 is 2.47 bits per heavy atom. The summed E-state index contributed by atoms with van der Waals surface area (Å²) >= 11 is 5.08. The van der Waals surface area contributed by atoms with E-state index in [0.29, 0.717) is 12.1 Å². The lowest BCUT2D eigenvalue weighted by Crippen LogP contribution is -2.41. The first kappa shape index (κ1) is 28.3. The quantitative estimate of drug-likeness (QED) is 0.147. The van der Waals surface area contributed by atoms with Crippen LogP contribution < -0.4 is 15.4 Å². The molecular weight excluding hydrogens is 512 g/mol. The minimum Gasteiger partial charge on any atom is -0.496 e. The van der Waals surface area contributed by atoms with Gasteiger partial charge in [0.1, 0.15) is 5.75 Å². The van der Waals surface area contributed by atoms with Crippen molar-refractivity contribution in [1.82, 2.24) is 15.5 Å². The molecule has 1 amide bonds. The maximum atomic E-state index is 12.8. The van der Waals surface area contributed by atoms with Crippen LogP contribution in [-0.2, 0) is 12.8 Å². The van der Waals surface area contributed by atoms with Gasteiger partial charge in [-0.1, -0.05) is 42.6 Å². The van der Waals surface area contributed by atoms with Gasteiger partial charge in [-0.2, -0.15) is 0 Å². The van der Waals surface area contributed by atoms with Crippen LogP contribution >= 0.6 is 27.3 Å². The number of carbonyl (C=O) groups excluding carboxylic acids is 1. The molecule has 0 aliphatic rings. The number of ether oxygens (including phenoxy) is 1. The summed E-state index contributed by atoms with van der Waals surface area (Å²) in [4.78, 5) is 16.3. The zero-order valence-corrected chi connectivity index (χ0v) is 23.1. The van der Waals surface area contributed by atoms with Crippen molar-refractivity contribution in [2.75, 3.05) is 33.3 Å². The van der Waals surface area contributed by atoms with E-state index in [-0.39, 0.29) is 11.9 Å². The third-order valence-electron chi connectivity index (χ3n) is 5.70. The molecule has 34 heavy (non-hydrogen) atoms. The molecule has 6 nitrogen and oxygen atoms in total. The predicted octanol–water partition coefficient (Wildman–Crippen LogP) is 5.85. The second-order valence-corrected chi connectivity index (χ2v) is 10.3. The zero-order valence-electron chi connectivity index (χ0n) is 20.7. The lowest BCUT2D eigenvalue weighted by atomic mass is 10.1. The number of hydrogen-bond acceptors (Lipinski definition) is 5. The summed E-state index contributed by atoms with van der Waals surface area (Å²) in [5.41, 5.74) is 1.73. The number of hydrogen-bond donors (Lipinski definition) is 3. The van der Waals surface area contributed by atoms with Gasteiger partial charge in [0.25, 0.3) is 5.91 Å². The summed E-state index contributed by atoms with van der Waals surface area (Å²) in [6.45, 7) is 8.41. The molecule has 2 aromatic rings. The molecule has 0 radical (unpaired) electrons. The molecule has 188 valence electrons. The average Bonchev–Trinajstić information content (AvgIpc) is 3.30. The van der Waals surface area contributed by atoms with Crippen LogP contribution in [0.2, 0.25) is 0 Å². The number of halogens is 1. The van der Waals surface area contributed by atoms with Crippen LogP contribution in [0.5, 0.6) is 5.75 Å². The number of nitrogens with one attached hydrogen (secondary N) is 3. The molecule has 8 heteroatoms. The highest BCUT2D eigenvalue weighted by molar-refractivity contribution is 9.10. The van der Waals surface area contributed by atoms with Crippen LogP contribution in [0.1, 0.15) is 66.8 Å². The van der Waals surface area contributed by atoms with E-state index < -0.39 is 0 Å². The molecule has 0 fully saturated rings. The summed E-state index contributed by atoms with van der Waals surface area (Å²) in [6.07, 6.45) is 7.31. The Morgan fingerprint density at radius 1 is 1.09 bits per heavy atom. The monoisotopic (exact) mass is 550 g/mol. The fraction of sp³-hybridized carbons (Fsp3) is 0.538.